The lowest BCUT2D eigenvalue weighted by Gasteiger charge is -2.39. The van der Waals surface area contributed by atoms with Crippen LogP contribution in [-0.4, -0.2) is 41.9 Å². The van der Waals surface area contributed by atoms with Crippen molar-refractivity contribution < 1.29 is 9.53 Å². The van der Waals surface area contributed by atoms with Crippen molar-refractivity contribution in [3.63, 3.8) is 0 Å². The summed E-state index contributed by atoms with van der Waals surface area (Å²) in [6, 6.07) is 27.6. The van der Waals surface area contributed by atoms with Gasteiger partial charge in [0, 0.05) is 38.6 Å². The molecule has 4 heteroatoms. The second kappa shape index (κ2) is 11.8. The van der Waals surface area contributed by atoms with Gasteiger partial charge in [-0.25, -0.2) is 0 Å². The van der Waals surface area contributed by atoms with Crippen LogP contribution in [0.3, 0.4) is 0 Å². The maximum atomic E-state index is 13.5. The molecule has 3 aromatic carbocycles. The highest BCUT2D eigenvalue weighted by molar-refractivity contribution is 5.77. The van der Waals surface area contributed by atoms with Crippen LogP contribution in [-0.2, 0) is 24.3 Å². The Morgan fingerprint density at radius 2 is 1.53 bits per heavy atom. The second-order valence-electron chi connectivity index (χ2n) is 9.35. The summed E-state index contributed by atoms with van der Waals surface area (Å²) in [6.07, 6.45) is 3.32. The van der Waals surface area contributed by atoms with Crippen LogP contribution in [0.15, 0.2) is 78.9 Å². The average molecular weight is 457 g/mol. The summed E-state index contributed by atoms with van der Waals surface area (Å²) >= 11 is 0. The molecule has 1 aliphatic heterocycles. The fourth-order valence-electron chi connectivity index (χ4n) is 4.73. The van der Waals surface area contributed by atoms with Crippen molar-refractivity contribution in [1.29, 1.82) is 0 Å². The van der Waals surface area contributed by atoms with Gasteiger partial charge in [-0.1, -0.05) is 72.3 Å². The molecule has 34 heavy (non-hydrogen) atoms. The van der Waals surface area contributed by atoms with Gasteiger partial charge in [0.1, 0.15) is 5.75 Å². The maximum Gasteiger partial charge on any atom is 0.223 e. The topological polar surface area (TPSA) is 32.8 Å². The Balaban J connectivity index is 1.39. The first-order valence-electron chi connectivity index (χ1n) is 12.3. The summed E-state index contributed by atoms with van der Waals surface area (Å²) in [5, 5.41) is 0. The van der Waals surface area contributed by atoms with Crippen molar-refractivity contribution >= 4 is 5.91 Å². The molecule has 0 saturated carbocycles. The number of hydrogen-bond acceptors (Lipinski definition) is 3. The number of amides is 1. The van der Waals surface area contributed by atoms with Gasteiger partial charge >= 0.3 is 0 Å². The SMILES string of the molecule is COc1ccc(CCC(=O)N(Cc2ccc(C)cc2)C2CCN(Cc3ccccc3)CC2)cc1. The molecule has 1 fully saturated rings. The lowest BCUT2D eigenvalue weighted by molar-refractivity contribution is -0.135. The average Bonchev–Trinajstić information content (AvgIpc) is 2.88. The highest BCUT2D eigenvalue weighted by atomic mass is 16.5. The van der Waals surface area contributed by atoms with Gasteiger partial charge in [-0.2, -0.15) is 0 Å². The lowest BCUT2D eigenvalue weighted by Crippen LogP contribution is -2.47. The predicted molar refractivity (Wildman–Crippen MR) is 138 cm³/mol. The molecule has 0 spiro atoms. The summed E-state index contributed by atoms with van der Waals surface area (Å²) in [6.45, 7) is 5.82. The van der Waals surface area contributed by atoms with Crippen LogP contribution in [0, 0.1) is 6.92 Å². The number of carbonyl (C=O) groups excluding carboxylic acids is 1. The standard InChI is InChI=1S/C30H36N2O2/c1-24-8-10-27(11-9-24)23-32(30(33)17-14-25-12-15-29(34-2)16-13-25)28-18-20-31(21-19-28)22-26-6-4-3-5-7-26/h3-13,15-16,28H,14,17-23H2,1-2H3. The van der Waals surface area contributed by atoms with Crippen LogP contribution in [0.1, 0.15) is 41.5 Å². The van der Waals surface area contributed by atoms with Crippen molar-refractivity contribution in [2.24, 2.45) is 0 Å². The third-order valence-electron chi connectivity index (χ3n) is 6.83. The van der Waals surface area contributed by atoms with E-state index in [2.05, 4.69) is 83.5 Å². The lowest BCUT2D eigenvalue weighted by atomic mass is 10.00. The number of aryl methyl sites for hydroxylation is 2. The molecule has 1 amide bonds. The van der Waals surface area contributed by atoms with Gasteiger partial charge in [0.05, 0.1) is 7.11 Å². The smallest absolute Gasteiger partial charge is 0.223 e. The Morgan fingerprint density at radius 3 is 2.18 bits per heavy atom. The maximum absolute atomic E-state index is 13.5. The van der Waals surface area contributed by atoms with E-state index in [-0.39, 0.29) is 11.9 Å². The van der Waals surface area contributed by atoms with Crippen LogP contribution in [0.4, 0.5) is 0 Å². The van der Waals surface area contributed by atoms with Crippen molar-refractivity contribution in [2.45, 2.75) is 51.7 Å². The van der Waals surface area contributed by atoms with E-state index >= 15 is 0 Å². The number of likely N-dealkylation sites (tertiary alicyclic amines) is 1. The van der Waals surface area contributed by atoms with Crippen LogP contribution >= 0.6 is 0 Å². The minimum atomic E-state index is 0.248. The molecule has 3 aromatic rings. The Hall–Kier alpha value is -3.11. The summed E-state index contributed by atoms with van der Waals surface area (Å²) in [4.78, 5) is 18.1. The number of methoxy groups -OCH3 is 1. The molecule has 1 aliphatic rings. The third kappa shape index (κ3) is 6.71. The highest BCUT2D eigenvalue weighted by Gasteiger charge is 2.28. The quantitative estimate of drug-likeness (QED) is 0.418. The van der Waals surface area contributed by atoms with Crippen LogP contribution in [0.25, 0.3) is 0 Å². The number of ether oxygens (including phenoxy) is 1. The molecule has 0 bridgehead atoms. The molecule has 0 aliphatic carbocycles. The van der Waals surface area contributed by atoms with Crippen molar-refractivity contribution in [3.05, 3.63) is 101 Å². The van der Waals surface area contributed by atoms with E-state index in [9.17, 15) is 4.79 Å². The predicted octanol–water partition coefficient (Wildman–Crippen LogP) is 5.63. The first kappa shape index (κ1) is 24.0. The molecular formula is C30H36N2O2. The second-order valence-corrected chi connectivity index (χ2v) is 9.35. The largest absolute Gasteiger partial charge is 0.497 e. The summed E-state index contributed by atoms with van der Waals surface area (Å²) in [7, 11) is 1.67. The van der Waals surface area contributed by atoms with Crippen molar-refractivity contribution in [1.82, 2.24) is 9.80 Å². The zero-order valence-corrected chi connectivity index (χ0v) is 20.5. The van der Waals surface area contributed by atoms with E-state index in [1.54, 1.807) is 7.11 Å². The van der Waals surface area contributed by atoms with Gasteiger partial charge in [-0.3, -0.25) is 9.69 Å². The van der Waals surface area contributed by atoms with E-state index in [4.69, 9.17) is 4.74 Å². The third-order valence-corrected chi connectivity index (χ3v) is 6.83. The van der Waals surface area contributed by atoms with E-state index in [0.29, 0.717) is 13.0 Å². The number of hydrogen-bond donors (Lipinski definition) is 0. The summed E-state index contributed by atoms with van der Waals surface area (Å²) in [5.74, 6) is 1.09. The Labute approximate surface area is 204 Å². The van der Waals surface area contributed by atoms with Gasteiger partial charge in [0.25, 0.3) is 0 Å². The van der Waals surface area contributed by atoms with Gasteiger partial charge in [-0.15, -0.1) is 0 Å². The Morgan fingerprint density at radius 1 is 0.882 bits per heavy atom. The summed E-state index contributed by atoms with van der Waals surface area (Å²) in [5.41, 5.74) is 4.97. The normalized spacial score (nSPS) is 14.6. The van der Waals surface area contributed by atoms with Crippen molar-refractivity contribution in [3.8, 4) is 5.75 Å². The molecule has 178 valence electrons. The Kier molecular flexibility index (Phi) is 8.37. The fourth-order valence-corrected chi connectivity index (χ4v) is 4.73. The van der Waals surface area contributed by atoms with Crippen LogP contribution in [0.2, 0.25) is 0 Å². The molecule has 4 nitrogen and oxygen atoms in total. The molecule has 4 rings (SSSR count). The number of rotatable bonds is 9. The number of benzene rings is 3. The molecule has 0 atom stereocenters. The Bertz CT molecular complexity index is 1020. The number of nitrogens with zero attached hydrogens (tertiary/aromatic N) is 2. The molecule has 1 heterocycles. The van der Waals surface area contributed by atoms with Gasteiger partial charge < -0.3 is 9.64 Å². The van der Waals surface area contributed by atoms with Crippen molar-refractivity contribution in [2.75, 3.05) is 20.2 Å². The molecular weight excluding hydrogens is 420 g/mol. The van der Waals surface area contributed by atoms with E-state index in [1.807, 2.05) is 12.1 Å². The van der Waals surface area contributed by atoms with Gasteiger partial charge in [-0.05, 0) is 55.0 Å². The summed E-state index contributed by atoms with van der Waals surface area (Å²) < 4.78 is 5.25. The first-order valence-corrected chi connectivity index (χ1v) is 12.3. The molecule has 0 unspecified atom stereocenters. The van der Waals surface area contributed by atoms with Gasteiger partial charge in [0.2, 0.25) is 5.91 Å². The zero-order valence-electron chi connectivity index (χ0n) is 20.5. The highest BCUT2D eigenvalue weighted by Crippen LogP contribution is 2.23. The molecule has 0 N–H and O–H groups in total. The molecule has 1 saturated heterocycles. The monoisotopic (exact) mass is 456 g/mol. The van der Waals surface area contributed by atoms with Crippen LogP contribution in [0.5, 0.6) is 5.75 Å². The van der Waals surface area contributed by atoms with E-state index in [1.165, 1.54) is 22.3 Å². The number of carbonyl (C=O) groups is 1. The van der Waals surface area contributed by atoms with E-state index in [0.717, 1.165) is 44.6 Å². The van der Waals surface area contributed by atoms with E-state index < -0.39 is 0 Å². The minimum absolute atomic E-state index is 0.248. The van der Waals surface area contributed by atoms with Crippen LogP contribution < -0.4 is 4.74 Å². The number of piperidine rings is 1. The molecule has 0 aromatic heterocycles. The minimum Gasteiger partial charge on any atom is -0.497 e. The van der Waals surface area contributed by atoms with Gasteiger partial charge in [0.15, 0.2) is 0 Å². The fraction of sp³-hybridized carbons (Fsp3) is 0.367. The molecule has 0 radical (unpaired) electrons. The first-order chi connectivity index (χ1) is 16.6. The zero-order chi connectivity index (χ0) is 23.8.